The lowest BCUT2D eigenvalue weighted by atomic mass is 9.93. The quantitative estimate of drug-likeness (QED) is 0.766. The van der Waals surface area contributed by atoms with Gasteiger partial charge in [-0.05, 0) is 61.2 Å². The predicted octanol–water partition coefficient (Wildman–Crippen LogP) is 5.50. The Balaban J connectivity index is 2.35. The Labute approximate surface area is 137 Å². The summed E-state index contributed by atoms with van der Waals surface area (Å²) in [6.07, 6.45) is 0.924. The fraction of sp³-hybridized carbons (Fsp3) is 0.333. The van der Waals surface area contributed by atoms with Gasteiger partial charge in [0.1, 0.15) is 0 Å². The van der Waals surface area contributed by atoms with E-state index in [1.165, 1.54) is 16.7 Å². The molecule has 1 nitrogen and oxygen atoms in total. The fourth-order valence-electron chi connectivity index (χ4n) is 2.70. The van der Waals surface area contributed by atoms with Crippen molar-refractivity contribution >= 4 is 23.2 Å². The molecule has 1 atom stereocenters. The highest BCUT2D eigenvalue weighted by Gasteiger charge is 2.16. The minimum atomic E-state index is 0.194. The zero-order valence-corrected chi connectivity index (χ0v) is 14.2. The summed E-state index contributed by atoms with van der Waals surface area (Å²) in [6.45, 7) is 7.33. The van der Waals surface area contributed by atoms with Crippen LogP contribution in [0.5, 0.6) is 0 Å². The topological polar surface area (TPSA) is 12.0 Å². The molecule has 2 aromatic rings. The first-order chi connectivity index (χ1) is 10.0. The molecule has 1 N–H and O–H groups in total. The molecule has 0 aromatic heterocycles. The van der Waals surface area contributed by atoms with Gasteiger partial charge in [0, 0.05) is 16.1 Å². The van der Waals surface area contributed by atoms with E-state index in [1.54, 1.807) is 0 Å². The van der Waals surface area contributed by atoms with Gasteiger partial charge in [0.2, 0.25) is 0 Å². The molecule has 0 fully saturated rings. The van der Waals surface area contributed by atoms with Gasteiger partial charge in [-0.25, -0.2) is 0 Å². The van der Waals surface area contributed by atoms with Gasteiger partial charge in [-0.1, -0.05) is 54.4 Å². The van der Waals surface area contributed by atoms with Gasteiger partial charge >= 0.3 is 0 Å². The normalized spacial score (nSPS) is 12.4. The lowest BCUT2D eigenvalue weighted by molar-refractivity contribution is 0.548. The van der Waals surface area contributed by atoms with Crippen molar-refractivity contribution in [2.45, 2.75) is 33.2 Å². The van der Waals surface area contributed by atoms with Crippen molar-refractivity contribution < 1.29 is 0 Å². The lowest BCUT2D eigenvalue weighted by Crippen LogP contribution is -2.24. The molecule has 1 unspecified atom stereocenters. The molecule has 0 radical (unpaired) electrons. The molecule has 112 valence electrons. The number of aryl methyl sites for hydroxylation is 2. The minimum Gasteiger partial charge on any atom is -0.310 e. The summed E-state index contributed by atoms with van der Waals surface area (Å²) in [5, 5.41) is 4.93. The van der Waals surface area contributed by atoms with E-state index in [0.717, 1.165) is 23.6 Å². The molecule has 0 saturated carbocycles. The third-order valence-corrected chi connectivity index (χ3v) is 4.40. The maximum atomic E-state index is 6.38. The highest BCUT2D eigenvalue weighted by molar-refractivity contribution is 6.35. The molecule has 21 heavy (non-hydrogen) atoms. The molecule has 0 aliphatic carbocycles. The maximum absolute atomic E-state index is 6.38. The minimum absolute atomic E-state index is 0.194. The SMILES string of the molecule is CCNC(Cc1c(C)cccc1C)c1ccc(Cl)cc1Cl. The first-order valence-corrected chi connectivity index (χ1v) is 8.02. The van der Waals surface area contributed by atoms with Crippen LogP contribution in [-0.4, -0.2) is 6.54 Å². The fourth-order valence-corrected chi connectivity index (χ4v) is 3.24. The third-order valence-electron chi connectivity index (χ3n) is 3.84. The number of nitrogens with one attached hydrogen (secondary N) is 1. The largest absolute Gasteiger partial charge is 0.310 e. The molecule has 2 rings (SSSR count). The molecule has 0 bridgehead atoms. The Morgan fingerprint density at radius 3 is 2.29 bits per heavy atom. The van der Waals surface area contributed by atoms with Gasteiger partial charge in [-0.15, -0.1) is 0 Å². The van der Waals surface area contributed by atoms with E-state index in [4.69, 9.17) is 23.2 Å². The summed E-state index contributed by atoms with van der Waals surface area (Å²) >= 11 is 12.4. The third kappa shape index (κ3) is 4.00. The molecular weight excluding hydrogens is 301 g/mol. The Morgan fingerprint density at radius 1 is 1.05 bits per heavy atom. The van der Waals surface area contributed by atoms with Crippen LogP contribution < -0.4 is 5.32 Å². The summed E-state index contributed by atoms with van der Waals surface area (Å²) in [5.74, 6) is 0. The monoisotopic (exact) mass is 321 g/mol. The zero-order valence-electron chi connectivity index (χ0n) is 12.7. The van der Waals surface area contributed by atoms with E-state index >= 15 is 0 Å². The summed E-state index contributed by atoms with van der Waals surface area (Å²) in [7, 11) is 0. The van der Waals surface area contributed by atoms with Crippen LogP contribution in [0.25, 0.3) is 0 Å². The number of rotatable bonds is 5. The highest BCUT2D eigenvalue weighted by atomic mass is 35.5. The summed E-state index contributed by atoms with van der Waals surface area (Å²) in [4.78, 5) is 0. The number of hydrogen-bond acceptors (Lipinski definition) is 1. The average molecular weight is 322 g/mol. The van der Waals surface area contributed by atoms with Crippen molar-refractivity contribution in [3.63, 3.8) is 0 Å². The number of likely N-dealkylation sites (N-methyl/N-ethyl adjacent to an activating group) is 1. The molecule has 0 heterocycles. The van der Waals surface area contributed by atoms with Gasteiger partial charge in [-0.3, -0.25) is 0 Å². The standard InChI is InChI=1S/C18H21Cl2N/c1-4-21-18(15-9-8-14(19)10-17(15)20)11-16-12(2)6-5-7-13(16)3/h5-10,18,21H,4,11H2,1-3H3. The van der Waals surface area contributed by atoms with E-state index in [9.17, 15) is 0 Å². The molecule has 0 aliphatic heterocycles. The average Bonchev–Trinajstić information content (AvgIpc) is 2.42. The lowest BCUT2D eigenvalue weighted by Gasteiger charge is -2.22. The van der Waals surface area contributed by atoms with Crippen molar-refractivity contribution in [3.8, 4) is 0 Å². The first-order valence-electron chi connectivity index (χ1n) is 7.26. The van der Waals surface area contributed by atoms with Crippen molar-refractivity contribution in [3.05, 3.63) is 68.7 Å². The molecule has 2 aromatic carbocycles. The van der Waals surface area contributed by atoms with Crippen LogP contribution in [0.1, 0.15) is 35.2 Å². The Bertz CT molecular complexity index is 602. The summed E-state index contributed by atoms with van der Waals surface area (Å²) < 4.78 is 0. The van der Waals surface area contributed by atoms with E-state index in [2.05, 4.69) is 44.3 Å². The van der Waals surface area contributed by atoms with Crippen LogP contribution in [0.15, 0.2) is 36.4 Å². The molecule has 0 amide bonds. The van der Waals surface area contributed by atoms with E-state index in [-0.39, 0.29) is 6.04 Å². The van der Waals surface area contributed by atoms with Crippen LogP contribution in [0.2, 0.25) is 10.0 Å². The molecule has 0 aliphatic rings. The number of benzene rings is 2. The van der Waals surface area contributed by atoms with Crippen molar-refractivity contribution in [1.82, 2.24) is 5.32 Å². The number of halogens is 2. The van der Waals surface area contributed by atoms with Crippen LogP contribution in [0.4, 0.5) is 0 Å². The number of hydrogen-bond donors (Lipinski definition) is 1. The second-order valence-electron chi connectivity index (χ2n) is 5.35. The van der Waals surface area contributed by atoms with Crippen LogP contribution >= 0.6 is 23.2 Å². The van der Waals surface area contributed by atoms with Crippen molar-refractivity contribution in [2.24, 2.45) is 0 Å². The van der Waals surface area contributed by atoms with Crippen LogP contribution in [0.3, 0.4) is 0 Å². The maximum Gasteiger partial charge on any atom is 0.0468 e. The Hall–Kier alpha value is -1.02. The van der Waals surface area contributed by atoms with E-state index < -0.39 is 0 Å². The van der Waals surface area contributed by atoms with Gasteiger partial charge in [0.25, 0.3) is 0 Å². The Kier molecular flexibility index (Phi) is 5.69. The smallest absolute Gasteiger partial charge is 0.0468 e. The van der Waals surface area contributed by atoms with Gasteiger partial charge in [0.05, 0.1) is 0 Å². The van der Waals surface area contributed by atoms with Crippen molar-refractivity contribution in [1.29, 1.82) is 0 Å². The Morgan fingerprint density at radius 2 is 1.71 bits per heavy atom. The van der Waals surface area contributed by atoms with Crippen LogP contribution in [-0.2, 0) is 6.42 Å². The summed E-state index contributed by atoms with van der Waals surface area (Å²) in [6, 6.07) is 12.4. The summed E-state index contributed by atoms with van der Waals surface area (Å²) in [5.41, 5.74) is 5.13. The highest BCUT2D eigenvalue weighted by Crippen LogP contribution is 2.30. The second kappa shape index (κ2) is 7.31. The van der Waals surface area contributed by atoms with Gasteiger partial charge < -0.3 is 5.32 Å². The van der Waals surface area contributed by atoms with Crippen LogP contribution in [0, 0.1) is 13.8 Å². The van der Waals surface area contributed by atoms with Gasteiger partial charge in [0.15, 0.2) is 0 Å². The van der Waals surface area contributed by atoms with E-state index in [0.29, 0.717) is 5.02 Å². The molecule has 0 saturated heterocycles. The first kappa shape index (κ1) is 16.4. The molecular formula is C18H21Cl2N. The predicted molar refractivity (Wildman–Crippen MR) is 92.5 cm³/mol. The van der Waals surface area contributed by atoms with Crippen molar-refractivity contribution in [2.75, 3.05) is 6.54 Å². The molecule has 3 heteroatoms. The molecule has 0 spiro atoms. The van der Waals surface area contributed by atoms with E-state index in [1.807, 2.05) is 18.2 Å². The van der Waals surface area contributed by atoms with Gasteiger partial charge in [-0.2, -0.15) is 0 Å². The second-order valence-corrected chi connectivity index (χ2v) is 6.19. The zero-order chi connectivity index (χ0) is 15.4.